The molecule has 3 fully saturated rings. The van der Waals surface area contributed by atoms with Crippen LogP contribution in [0.25, 0.3) is 0 Å². The summed E-state index contributed by atoms with van der Waals surface area (Å²) in [7, 11) is 0. The summed E-state index contributed by atoms with van der Waals surface area (Å²) in [4.78, 5) is 79.9. The quantitative estimate of drug-likeness (QED) is 0.296. The molecule has 0 saturated carbocycles. The second-order valence-electron chi connectivity index (χ2n) is 17.7. The molecule has 0 radical (unpaired) electrons. The molecule has 0 N–H and O–H groups in total. The van der Waals surface area contributed by atoms with E-state index in [0.717, 1.165) is 0 Å². The number of rotatable bonds is 9. The van der Waals surface area contributed by atoms with Gasteiger partial charge in [0.2, 0.25) is 0 Å². The number of quaternary nitrogens is 3. The lowest BCUT2D eigenvalue weighted by molar-refractivity contribution is -1.47. The Kier molecular flexibility index (Phi) is 8.93. The summed E-state index contributed by atoms with van der Waals surface area (Å²) < 4.78 is -1.84. The number of likely N-dealkylation sites (tertiary alicyclic amines) is 3. The van der Waals surface area contributed by atoms with Crippen molar-refractivity contribution < 1.29 is 57.9 Å². The Morgan fingerprint density at radius 2 is 0.609 bits per heavy atom. The Hall–Kier alpha value is -2.74. The summed E-state index contributed by atoms with van der Waals surface area (Å²) in [6, 6.07) is 0. The second kappa shape index (κ2) is 10.9. The van der Waals surface area contributed by atoms with Gasteiger partial charge in [-0.05, 0) is 83.1 Å². The van der Waals surface area contributed by atoms with Crippen molar-refractivity contribution in [3.63, 3.8) is 0 Å². The van der Waals surface area contributed by atoms with Crippen LogP contribution in [0.15, 0.2) is 0 Å². The Bertz CT molecular complexity index is 1140. The molecule has 0 bridgehead atoms. The Morgan fingerprint density at radius 1 is 0.457 bits per heavy atom. The number of aliphatic carboxylic acids is 3. The number of carbonyl (C=O) groups is 6. The average Bonchev–Trinajstić information content (AvgIpc) is 2.75. The van der Waals surface area contributed by atoms with E-state index in [4.69, 9.17) is 0 Å². The Labute approximate surface area is 272 Å². The van der Waals surface area contributed by atoms with E-state index < -0.39 is 84.6 Å². The molecule has 0 atom stereocenters. The second-order valence-corrected chi connectivity index (χ2v) is 17.7. The maximum Gasteiger partial charge on any atom is 0.174 e. The number of hydrogen-bond acceptors (Lipinski definition) is 10. The first-order valence-corrected chi connectivity index (χ1v) is 16.0. The minimum Gasteiger partial charge on any atom is -0.544 e. The standard InChI is InChI=1S/C33H54N4O9/c1-28(2)13-22(38)14-29(3,4)35(28,19-25(41)42)34(36(20-26(43)44)30(5,6)15-23(39)16-31(36,7)8)37(21-27(45)46)32(9,10)17-24(40)18-33(37,11)12/h13-21H2,1-12H3. The first-order valence-electron chi connectivity index (χ1n) is 16.0. The van der Waals surface area contributed by atoms with Crippen molar-refractivity contribution in [1.82, 2.24) is 5.23 Å². The number of carboxylic acids is 3. The highest BCUT2D eigenvalue weighted by Crippen LogP contribution is 2.61. The van der Waals surface area contributed by atoms with Crippen molar-refractivity contribution in [1.29, 1.82) is 0 Å². The lowest BCUT2D eigenvalue weighted by atomic mass is 9.74. The predicted octanol–water partition coefficient (Wildman–Crippen LogP) is -0.506. The monoisotopic (exact) mass is 650 g/mol. The largest absolute Gasteiger partial charge is 0.544 e. The zero-order valence-electron chi connectivity index (χ0n) is 29.8. The molecule has 0 aromatic heterocycles. The van der Waals surface area contributed by atoms with E-state index >= 15 is 0 Å². The van der Waals surface area contributed by atoms with E-state index in [0.29, 0.717) is 0 Å². The molecule has 260 valence electrons. The van der Waals surface area contributed by atoms with Crippen molar-refractivity contribution in [3.8, 4) is 0 Å². The van der Waals surface area contributed by atoms with Crippen LogP contribution in [0.4, 0.5) is 0 Å². The van der Waals surface area contributed by atoms with Gasteiger partial charge in [0.05, 0.1) is 56.4 Å². The molecule has 0 spiro atoms. The van der Waals surface area contributed by atoms with Gasteiger partial charge >= 0.3 is 0 Å². The van der Waals surface area contributed by atoms with Crippen LogP contribution in [0.2, 0.25) is 0 Å². The summed E-state index contributed by atoms with van der Waals surface area (Å²) in [6.45, 7) is 18.5. The molecule has 0 amide bonds. The Morgan fingerprint density at radius 3 is 0.739 bits per heavy atom. The van der Waals surface area contributed by atoms with Crippen molar-refractivity contribution in [2.24, 2.45) is 0 Å². The summed E-state index contributed by atoms with van der Waals surface area (Å²) in [6.07, 6.45) is -0.688. The normalized spacial score (nSPS) is 28.0. The van der Waals surface area contributed by atoms with E-state index in [1.807, 2.05) is 0 Å². The maximum atomic E-state index is 13.5. The minimum atomic E-state index is -1.49. The van der Waals surface area contributed by atoms with E-state index in [-0.39, 0.29) is 55.9 Å². The van der Waals surface area contributed by atoms with Gasteiger partial charge in [0, 0.05) is 0 Å². The lowest BCUT2D eigenvalue weighted by Crippen LogP contribution is -3.02. The number of carboxylic acid groups (broad SMARTS) is 3. The first kappa shape index (κ1) is 37.7. The summed E-state index contributed by atoms with van der Waals surface area (Å²) in [5, 5.41) is 41.3. The number of ketones is 3. The fourth-order valence-electron chi connectivity index (χ4n) is 10.6. The van der Waals surface area contributed by atoms with Crippen LogP contribution >= 0.6 is 0 Å². The highest BCUT2D eigenvalue weighted by molar-refractivity contribution is 5.82. The van der Waals surface area contributed by atoms with E-state index in [1.165, 1.54) is 0 Å². The SMILES string of the molecule is CC1(C)CC(=O)CC(C)(C)[N+]1(CC(=O)[O-])N([N+]1(CC(=O)[O-])C(C)(C)CC(=O)CC1(C)C)[N+]1(CC(=O)[O-])C(C)(C)CC(=O)CC1(C)C. The predicted molar refractivity (Wildman–Crippen MR) is 159 cm³/mol. The van der Waals surface area contributed by atoms with Gasteiger partial charge in [0.15, 0.2) is 5.23 Å². The number of piperidine rings is 3. The molecule has 0 aromatic rings. The van der Waals surface area contributed by atoms with E-state index in [9.17, 15) is 44.1 Å². The molecule has 3 aliphatic rings. The lowest BCUT2D eigenvalue weighted by Gasteiger charge is -2.76. The van der Waals surface area contributed by atoms with Gasteiger partial charge < -0.3 is 29.7 Å². The molecule has 0 unspecified atom stereocenters. The topological polar surface area (TPSA) is 175 Å². The average molecular weight is 651 g/mol. The molecule has 3 saturated heterocycles. The zero-order chi connectivity index (χ0) is 35.9. The highest BCUT2D eigenvalue weighted by Gasteiger charge is 2.84. The van der Waals surface area contributed by atoms with Gasteiger partial charge in [-0.15, -0.1) is 13.8 Å². The van der Waals surface area contributed by atoms with E-state index in [2.05, 4.69) is 0 Å². The van der Waals surface area contributed by atoms with Crippen LogP contribution in [0, 0.1) is 0 Å². The van der Waals surface area contributed by atoms with Crippen LogP contribution in [0.1, 0.15) is 122 Å². The summed E-state index contributed by atoms with van der Waals surface area (Å²) in [5.41, 5.74) is -7.78. The van der Waals surface area contributed by atoms with Crippen molar-refractivity contribution in [2.45, 2.75) is 155 Å². The minimum absolute atomic E-state index is 0.115. The third kappa shape index (κ3) is 5.12. The van der Waals surface area contributed by atoms with Crippen molar-refractivity contribution in [3.05, 3.63) is 0 Å². The molecule has 3 aliphatic heterocycles. The van der Waals surface area contributed by atoms with Gasteiger partial charge in [-0.3, -0.25) is 14.4 Å². The first-order chi connectivity index (χ1) is 20.4. The fourth-order valence-corrected chi connectivity index (χ4v) is 10.6. The highest BCUT2D eigenvalue weighted by atomic mass is 16.4. The molecule has 0 aliphatic carbocycles. The zero-order valence-corrected chi connectivity index (χ0v) is 29.8. The number of Topliss-reactive ketones (excluding diaryl/α,β-unsaturated/α-hetero) is 3. The molecular weight excluding hydrogens is 596 g/mol. The smallest absolute Gasteiger partial charge is 0.174 e. The van der Waals surface area contributed by atoms with E-state index in [1.54, 1.807) is 88.3 Å². The van der Waals surface area contributed by atoms with Crippen LogP contribution in [-0.4, -0.2) is 107 Å². The molecular formula is C33H54N4O9. The van der Waals surface area contributed by atoms with Gasteiger partial charge in [-0.1, -0.05) is 0 Å². The van der Waals surface area contributed by atoms with Crippen molar-refractivity contribution >= 4 is 35.3 Å². The van der Waals surface area contributed by atoms with Gasteiger partial charge in [-0.2, -0.15) is 0 Å². The molecule has 46 heavy (non-hydrogen) atoms. The van der Waals surface area contributed by atoms with Gasteiger partial charge in [0.25, 0.3) is 0 Å². The summed E-state index contributed by atoms with van der Waals surface area (Å²) >= 11 is 0. The molecule has 3 rings (SSSR count). The molecule has 13 nitrogen and oxygen atoms in total. The third-order valence-electron chi connectivity index (χ3n) is 11.8. The fraction of sp³-hybridized carbons (Fsp3) is 0.818. The van der Waals surface area contributed by atoms with Crippen LogP contribution < -0.4 is 15.3 Å². The van der Waals surface area contributed by atoms with Crippen molar-refractivity contribution in [2.75, 3.05) is 19.6 Å². The number of hydrogen-bond donors (Lipinski definition) is 0. The molecule has 13 heteroatoms. The van der Waals surface area contributed by atoms with Crippen LogP contribution in [0.3, 0.4) is 0 Å². The molecule has 3 heterocycles. The third-order valence-corrected chi connectivity index (χ3v) is 11.8. The maximum absolute atomic E-state index is 13.5. The number of nitrogens with zero attached hydrogens (tertiary/aromatic N) is 4. The van der Waals surface area contributed by atoms with Crippen LogP contribution in [0.5, 0.6) is 0 Å². The molecule has 0 aromatic carbocycles. The van der Waals surface area contributed by atoms with Gasteiger partial charge in [-0.25, -0.2) is 0 Å². The Balaban J connectivity index is 2.90. The van der Waals surface area contributed by atoms with Gasteiger partial charge in [0.1, 0.15) is 70.2 Å². The number of carbonyl (C=O) groups excluding carboxylic acids is 6. The van der Waals surface area contributed by atoms with Crippen LogP contribution in [-0.2, 0) is 28.8 Å². The summed E-state index contributed by atoms with van der Waals surface area (Å²) in [5.74, 6) is -4.90.